The second kappa shape index (κ2) is 5.19. The molecule has 1 heterocycles. The maximum absolute atomic E-state index is 6.04. The monoisotopic (exact) mass is 296 g/mol. The van der Waals surface area contributed by atoms with Crippen LogP contribution in [0, 0.1) is 0 Å². The van der Waals surface area contributed by atoms with Crippen molar-refractivity contribution < 1.29 is 14.2 Å². The Labute approximate surface area is 120 Å². The molecule has 1 aliphatic heterocycles. The zero-order chi connectivity index (χ0) is 13.2. The lowest BCUT2D eigenvalue weighted by Gasteiger charge is -2.10. The first kappa shape index (κ1) is 12.5. The molecule has 0 N–H and O–H groups in total. The topological polar surface area (TPSA) is 27.7 Å². The molecule has 0 aliphatic carbocycles. The Bertz CT molecular complexity index is 593. The average Bonchev–Trinajstić information content (AvgIpc) is 2.85. The fraction of sp³-hybridized carbons (Fsp3) is 0.143. The fourth-order valence-corrected chi connectivity index (χ4v) is 2.31. The van der Waals surface area contributed by atoms with Crippen molar-refractivity contribution in [2.45, 2.75) is 6.61 Å². The quantitative estimate of drug-likeness (QED) is 0.845. The first-order valence-corrected chi connectivity index (χ1v) is 6.45. The van der Waals surface area contributed by atoms with Crippen LogP contribution in [0.15, 0.2) is 36.4 Å². The lowest BCUT2D eigenvalue weighted by Crippen LogP contribution is -1.96. The molecule has 1 aliphatic rings. The van der Waals surface area contributed by atoms with E-state index in [1.54, 1.807) is 18.2 Å². The molecule has 0 fully saturated rings. The van der Waals surface area contributed by atoms with E-state index in [-0.39, 0.29) is 6.79 Å². The molecule has 19 heavy (non-hydrogen) atoms. The van der Waals surface area contributed by atoms with E-state index in [9.17, 15) is 0 Å². The van der Waals surface area contributed by atoms with Crippen LogP contribution >= 0.6 is 23.2 Å². The molecule has 0 spiro atoms. The van der Waals surface area contributed by atoms with E-state index >= 15 is 0 Å². The number of halogens is 2. The zero-order valence-corrected chi connectivity index (χ0v) is 11.4. The van der Waals surface area contributed by atoms with E-state index in [1.807, 2.05) is 18.2 Å². The summed E-state index contributed by atoms with van der Waals surface area (Å²) in [5.74, 6) is 1.97. The lowest BCUT2D eigenvalue weighted by atomic mass is 10.2. The van der Waals surface area contributed by atoms with Crippen LogP contribution in [0.4, 0.5) is 0 Å². The molecule has 0 amide bonds. The zero-order valence-electron chi connectivity index (χ0n) is 9.86. The van der Waals surface area contributed by atoms with Gasteiger partial charge in [0.25, 0.3) is 0 Å². The predicted molar refractivity (Wildman–Crippen MR) is 73.4 cm³/mol. The van der Waals surface area contributed by atoms with E-state index in [0.29, 0.717) is 22.4 Å². The van der Waals surface area contributed by atoms with Gasteiger partial charge in [0, 0.05) is 0 Å². The largest absolute Gasteiger partial charge is 0.486 e. The summed E-state index contributed by atoms with van der Waals surface area (Å²) in [6.07, 6.45) is 0. The van der Waals surface area contributed by atoms with Gasteiger partial charge in [0.1, 0.15) is 6.61 Å². The highest BCUT2D eigenvalue weighted by molar-refractivity contribution is 6.37. The smallest absolute Gasteiger partial charge is 0.231 e. The summed E-state index contributed by atoms with van der Waals surface area (Å²) < 4.78 is 16.2. The van der Waals surface area contributed by atoms with Gasteiger partial charge in [-0.1, -0.05) is 35.3 Å². The van der Waals surface area contributed by atoms with Crippen molar-refractivity contribution in [2.75, 3.05) is 6.79 Å². The van der Waals surface area contributed by atoms with Crippen LogP contribution < -0.4 is 14.2 Å². The minimum atomic E-state index is 0.260. The van der Waals surface area contributed by atoms with Gasteiger partial charge in [0.2, 0.25) is 6.79 Å². The molecule has 0 saturated carbocycles. The van der Waals surface area contributed by atoms with E-state index in [0.717, 1.165) is 17.1 Å². The van der Waals surface area contributed by atoms with Crippen LogP contribution in [-0.2, 0) is 6.61 Å². The van der Waals surface area contributed by atoms with Gasteiger partial charge in [0.15, 0.2) is 17.2 Å². The number of benzene rings is 2. The van der Waals surface area contributed by atoms with Crippen LogP contribution in [-0.4, -0.2) is 6.79 Å². The van der Waals surface area contributed by atoms with Crippen LogP contribution in [0.1, 0.15) is 5.56 Å². The van der Waals surface area contributed by atoms with Crippen LogP contribution in [0.3, 0.4) is 0 Å². The summed E-state index contributed by atoms with van der Waals surface area (Å²) in [5.41, 5.74) is 0.959. The minimum Gasteiger partial charge on any atom is -0.486 e. The van der Waals surface area contributed by atoms with E-state index in [2.05, 4.69) is 0 Å². The predicted octanol–water partition coefficient (Wildman–Crippen LogP) is 4.30. The van der Waals surface area contributed by atoms with Gasteiger partial charge in [-0.15, -0.1) is 0 Å². The molecular weight excluding hydrogens is 287 g/mol. The van der Waals surface area contributed by atoms with E-state index < -0.39 is 0 Å². The third-order valence-corrected chi connectivity index (χ3v) is 3.33. The van der Waals surface area contributed by atoms with E-state index in [1.165, 1.54) is 0 Å². The van der Waals surface area contributed by atoms with Crippen molar-refractivity contribution in [3.8, 4) is 17.2 Å². The van der Waals surface area contributed by atoms with Crippen LogP contribution in [0.5, 0.6) is 17.2 Å². The Kier molecular flexibility index (Phi) is 3.40. The highest BCUT2D eigenvalue weighted by atomic mass is 35.5. The maximum Gasteiger partial charge on any atom is 0.231 e. The van der Waals surface area contributed by atoms with Gasteiger partial charge in [0.05, 0.1) is 10.0 Å². The van der Waals surface area contributed by atoms with Gasteiger partial charge in [-0.25, -0.2) is 0 Å². The Morgan fingerprint density at radius 1 is 1.00 bits per heavy atom. The second-order valence-electron chi connectivity index (χ2n) is 4.03. The second-order valence-corrected chi connectivity index (χ2v) is 4.84. The molecular formula is C14H10Cl2O3. The van der Waals surface area contributed by atoms with Crippen molar-refractivity contribution >= 4 is 23.2 Å². The molecule has 5 heteroatoms. The van der Waals surface area contributed by atoms with Gasteiger partial charge in [-0.2, -0.15) is 0 Å². The van der Waals surface area contributed by atoms with Gasteiger partial charge < -0.3 is 14.2 Å². The number of para-hydroxylation sites is 1. The highest BCUT2D eigenvalue weighted by Gasteiger charge is 2.14. The van der Waals surface area contributed by atoms with Crippen LogP contribution in [0.2, 0.25) is 10.0 Å². The summed E-state index contributed by atoms with van der Waals surface area (Å²) in [5, 5.41) is 0.987. The molecule has 0 atom stereocenters. The van der Waals surface area contributed by atoms with Crippen molar-refractivity contribution in [2.24, 2.45) is 0 Å². The Hall–Kier alpha value is -1.58. The van der Waals surface area contributed by atoms with Gasteiger partial charge in [-0.05, 0) is 29.8 Å². The standard InChI is InChI=1S/C14H10Cl2O3/c15-10-2-1-3-11(16)14(10)17-7-9-4-5-12-13(6-9)19-8-18-12/h1-6H,7-8H2. The lowest BCUT2D eigenvalue weighted by molar-refractivity contribution is 0.174. The third-order valence-electron chi connectivity index (χ3n) is 2.74. The fourth-order valence-electron chi connectivity index (χ4n) is 1.81. The molecule has 2 aromatic rings. The first-order chi connectivity index (χ1) is 9.24. The summed E-state index contributed by atoms with van der Waals surface area (Å²) >= 11 is 12.1. The Balaban J connectivity index is 1.76. The molecule has 98 valence electrons. The summed E-state index contributed by atoms with van der Waals surface area (Å²) in [6, 6.07) is 10.9. The average molecular weight is 297 g/mol. The SMILES string of the molecule is Clc1cccc(Cl)c1OCc1ccc2c(c1)OCO2. The summed E-state index contributed by atoms with van der Waals surface area (Å²) in [6.45, 7) is 0.621. The Morgan fingerprint density at radius 2 is 1.74 bits per heavy atom. The molecule has 0 radical (unpaired) electrons. The normalized spacial score (nSPS) is 12.5. The molecule has 3 rings (SSSR count). The first-order valence-electron chi connectivity index (χ1n) is 5.69. The molecule has 3 nitrogen and oxygen atoms in total. The minimum absolute atomic E-state index is 0.260. The van der Waals surface area contributed by atoms with Crippen LogP contribution in [0.25, 0.3) is 0 Å². The maximum atomic E-state index is 6.04. The number of ether oxygens (including phenoxy) is 3. The number of hydrogen-bond acceptors (Lipinski definition) is 3. The molecule has 0 saturated heterocycles. The summed E-state index contributed by atoms with van der Waals surface area (Å²) in [7, 11) is 0. The van der Waals surface area contributed by atoms with Crippen molar-refractivity contribution in [1.29, 1.82) is 0 Å². The van der Waals surface area contributed by atoms with Gasteiger partial charge >= 0.3 is 0 Å². The molecule has 2 aromatic carbocycles. The molecule has 0 unspecified atom stereocenters. The Morgan fingerprint density at radius 3 is 2.53 bits per heavy atom. The highest BCUT2D eigenvalue weighted by Crippen LogP contribution is 2.35. The third kappa shape index (κ3) is 2.57. The van der Waals surface area contributed by atoms with Crippen molar-refractivity contribution in [1.82, 2.24) is 0 Å². The molecule has 0 aromatic heterocycles. The van der Waals surface area contributed by atoms with Gasteiger partial charge in [-0.3, -0.25) is 0 Å². The number of hydrogen-bond donors (Lipinski definition) is 0. The van der Waals surface area contributed by atoms with E-state index in [4.69, 9.17) is 37.4 Å². The number of fused-ring (bicyclic) bond motifs is 1. The number of rotatable bonds is 3. The molecule has 0 bridgehead atoms. The summed E-state index contributed by atoms with van der Waals surface area (Å²) in [4.78, 5) is 0. The van der Waals surface area contributed by atoms with Crippen molar-refractivity contribution in [3.05, 3.63) is 52.0 Å². The van der Waals surface area contributed by atoms with Crippen molar-refractivity contribution in [3.63, 3.8) is 0 Å².